The van der Waals surface area contributed by atoms with Crippen LogP contribution >= 0.6 is 0 Å². The molecule has 5 nitrogen and oxygen atoms in total. The van der Waals surface area contributed by atoms with Gasteiger partial charge < -0.3 is 5.11 Å². The highest BCUT2D eigenvalue weighted by molar-refractivity contribution is 7.86. The van der Waals surface area contributed by atoms with Crippen molar-refractivity contribution in [2.24, 2.45) is 0 Å². The molecule has 2 fully saturated rings. The van der Waals surface area contributed by atoms with Crippen molar-refractivity contribution in [3.63, 3.8) is 0 Å². The molecule has 1 N–H and O–H groups in total. The summed E-state index contributed by atoms with van der Waals surface area (Å²) in [7, 11) is -3.25. The fourth-order valence-corrected chi connectivity index (χ4v) is 3.63. The molecule has 0 spiro atoms. The van der Waals surface area contributed by atoms with Gasteiger partial charge >= 0.3 is 0 Å². The van der Waals surface area contributed by atoms with Gasteiger partial charge in [0.15, 0.2) is 0 Å². The molecular weight excluding hydrogens is 204 g/mol. The molecule has 0 bridgehead atoms. The Balaban J connectivity index is 2.00. The molecule has 2 heterocycles. The minimum absolute atomic E-state index is 0.263. The van der Waals surface area contributed by atoms with Gasteiger partial charge in [0.05, 0.1) is 6.10 Å². The van der Waals surface area contributed by atoms with Gasteiger partial charge in [0, 0.05) is 26.2 Å². The Kier molecular flexibility index (Phi) is 2.79. The van der Waals surface area contributed by atoms with Crippen LogP contribution in [0.25, 0.3) is 0 Å². The highest BCUT2D eigenvalue weighted by Crippen LogP contribution is 2.20. The summed E-state index contributed by atoms with van der Waals surface area (Å²) < 4.78 is 26.6. The van der Waals surface area contributed by atoms with Crippen LogP contribution in [0.5, 0.6) is 0 Å². The maximum atomic E-state index is 11.9. The minimum atomic E-state index is -3.25. The second-order valence-corrected chi connectivity index (χ2v) is 5.87. The Labute approximate surface area is 84.5 Å². The summed E-state index contributed by atoms with van der Waals surface area (Å²) in [6.07, 6.45) is 2.56. The molecule has 6 heteroatoms. The number of aliphatic hydroxyl groups excluding tert-OH is 1. The number of aliphatic hydroxyl groups is 1. The van der Waals surface area contributed by atoms with Crippen LogP contribution in [0.15, 0.2) is 0 Å². The standard InChI is InChI=1S/C8H16N2O3S/c11-8-6-10(7-8)14(12,13)9-4-2-1-3-5-9/h8,11H,1-7H2. The van der Waals surface area contributed by atoms with Crippen LogP contribution in [0.4, 0.5) is 0 Å². The van der Waals surface area contributed by atoms with Crippen molar-refractivity contribution >= 4 is 10.2 Å². The third kappa shape index (κ3) is 1.79. The SMILES string of the molecule is O=S(=O)(N1CCCCC1)N1CC(O)C1. The second kappa shape index (κ2) is 3.77. The van der Waals surface area contributed by atoms with Crippen LogP contribution in [0.3, 0.4) is 0 Å². The Morgan fingerprint density at radius 2 is 1.57 bits per heavy atom. The maximum absolute atomic E-state index is 11.9. The third-order valence-electron chi connectivity index (χ3n) is 2.80. The van der Waals surface area contributed by atoms with Crippen molar-refractivity contribution in [2.45, 2.75) is 25.4 Å². The van der Waals surface area contributed by atoms with Crippen LogP contribution in [-0.2, 0) is 10.2 Å². The average Bonchev–Trinajstić information content (AvgIpc) is 2.14. The van der Waals surface area contributed by atoms with Crippen LogP contribution in [0, 0.1) is 0 Å². The molecule has 2 rings (SSSR count). The van der Waals surface area contributed by atoms with E-state index in [-0.39, 0.29) is 13.1 Å². The summed E-state index contributed by atoms with van der Waals surface area (Å²) >= 11 is 0. The summed E-state index contributed by atoms with van der Waals surface area (Å²) in [5.74, 6) is 0. The minimum Gasteiger partial charge on any atom is -0.390 e. The van der Waals surface area contributed by atoms with Crippen LogP contribution in [-0.4, -0.2) is 54.4 Å². The quantitative estimate of drug-likeness (QED) is 0.675. The second-order valence-electron chi connectivity index (χ2n) is 3.94. The van der Waals surface area contributed by atoms with E-state index in [0.717, 1.165) is 19.3 Å². The lowest BCUT2D eigenvalue weighted by Gasteiger charge is -2.39. The van der Waals surface area contributed by atoms with Gasteiger partial charge in [-0.1, -0.05) is 6.42 Å². The average molecular weight is 220 g/mol. The van der Waals surface area contributed by atoms with E-state index < -0.39 is 16.3 Å². The number of hydrogen-bond donors (Lipinski definition) is 1. The Morgan fingerprint density at radius 1 is 1.00 bits per heavy atom. The molecule has 0 saturated carbocycles. The number of nitrogens with zero attached hydrogens (tertiary/aromatic N) is 2. The molecule has 0 amide bonds. The summed E-state index contributed by atoms with van der Waals surface area (Å²) in [5, 5.41) is 9.06. The molecule has 2 aliphatic rings. The largest absolute Gasteiger partial charge is 0.390 e. The Morgan fingerprint density at radius 3 is 2.07 bits per heavy atom. The lowest BCUT2D eigenvalue weighted by Crippen LogP contribution is -2.58. The first-order valence-electron chi connectivity index (χ1n) is 5.04. The number of hydrogen-bond acceptors (Lipinski definition) is 3. The normalized spacial score (nSPS) is 27.5. The number of piperidine rings is 1. The third-order valence-corrected chi connectivity index (χ3v) is 4.76. The molecule has 0 aromatic carbocycles. The smallest absolute Gasteiger partial charge is 0.282 e. The van der Waals surface area contributed by atoms with Gasteiger partial charge in [0.2, 0.25) is 0 Å². The van der Waals surface area contributed by atoms with E-state index in [1.807, 2.05) is 0 Å². The van der Waals surface area contributed by atoms with Gasteiger partial charge in [-0.25, -0.2) is 0 Å². The van der Waals surface area contributed by atoms with Gasteiger partial charge in [-0.2, -0.15) is 17.0 Å². The number of β-amino-alcohol motifs (C(OH)–C–C–N with tert-alkyl or cyclic N) is 1. The lowest BCUT2D eigenvalue weighted by atomic mass is 10.2. The monoisotopic (exact) mass is 220 g/mol. The van der Waals surface area contributed by atoms with E-state index in [1.54, 1.807) is 0 Å². The maximum Gasteiger partial charge on any atom is 0.282 e. The van der Waals surface area contributed by atoms with Crippen molar-refractivity contribution < 1.29 is 13.5 Å². The van der Waals surface area contributed by atoms with Crippen molar-refractivity contribution in [1.82, 2.24) is 8.61 Å². The topological polar surface area (TPSA) is 60.9 Å². The van der Waals surface area contributed by atoms with E-state index in [2.05, 4.69) is 0 Å². The highest BCUT2D eigenvalue weighted by Gasteiger charge is 2.38. The van der Waals surface area contributed by atoms with Crippen LogP contribution < -0.4 is 0 Å². The zero-order valence-electron chi connectivity index (χ0n) is 8.09. The van der Waals surface area contributed by atoms with Gasteiger partial charge in [0.25, 0.3) is 10.2 Å². The van der Waals surface area contributed by atoms with Crippen molar-refractivity contribution in [3.8, 4) is 0 Å². The van der Waals surface area contributed by atoms with Crippen LogP contribution in [0.1, 0.15) is 19.3 Å². The summed E-state index contributed by atoms with van der Waals surface area (Å²) in [5.41, 5.74) is 0. The zero-order valence-corrected chi connectivity index (χ0v) is 8.91. The van der Waals surface area contributed by atoms with Gasteiger partial charge in [-0.05, 0) is 12.8 Å². The summed E-state index contributed by atoms with van der Waals surface area (Å²) in [6, 6.07) is 0. The van der Waals surface area contributed by atoms with Crippen LogP contribution in [0.2, 0.25) is 0 Å². The van der Waals surface area contributed by atoms with E-state index in [9.17, 15) is 8.42 Å². The first-order valence-corrected chi connectivity index (χ1v) is 6.44. The summed E-state index contributed by atoms with van der Waals surface area (Å²) in [4.78, 5) is 0. The molecule has 2 saturated heterocycles. The van der Waals surface area contributed by atoms with E-state index >= 15 is 0 Å². The molecule has 0 unspecified atom stereocenters. The molecule has 0 aliphatic carbocycles. The first kappa shape index (κ1) is 10.4. The van der Waals surface area contributed by atoms with Gasteiger partial charge in [-0.15, -0.1) is 0 Å². The zero-order chi connectivity index (χ0) is 10.2. The number of rotatable bonds is 2. The molecule has 0 aromatic heterocycles. The Bertz CT molecular complexity index is 292. The lowest BCUT2D eigenvalue weighted by molar-refractivity contribution is 0.0499. The van der Waals surface area contributed by atoms with Crippen molar-refractivity contribution in [2.75, 3.05) is 26.2 Å². The van der Waals surface area contributed by atoms with E-state index in [4.69, 9.17) is 5.11 Å². The fourth-order valence-electron chi connectivity index (χ4n) is 1.86. The molecule has 0 aromatic rings. The Hall–Kier alpha value is -0.170. The predicted molar refractivity (Wildman–Crippen MR) is 51.9 cm³/mol. The van der Waals surface area contributed by atoms with Gasteiger partial charge in [-0.3, -0.25) is 0 Å². The molecular formula is C8H16N2O3S. The van der Waals surface area contributed by atoms with Crippen molar-refractivity contribution in [3.05, 3.63) is 0 Å². The molecule has 0 atom stereocenters. The predicted octanol–water partition coefficient (Wildman–Crippen LogP) is -0.606. The summed E-state index contributed by atoms with van der Waals surface area (Å²) in [6.45, 7) is 1.79. The first-order chi connectivity index (χ1) is 6.60. The highest BCUT2D eigenvalue weighted by atomic mass is 32.2. The van der Waals surface area contributed by atoms with Crippen molar-refractivity contribution in [1.29, 1.82) is 0 Å². The van der Waals surface area contributed by atoms with E-state index in [1.165, 1.54) is 8.61 Å². The van der Waals surface area contributed by atoms with E-state index in [0.29, 0.717) is 13.1 Å². The fraction of sp³-hybridized carbons (Fsp3) is 1.00. The molecule has 14 heavy (non-hydrogen) atoms. The molecule has 82 valence electrons. The van der Waals surface area contributed by atoms with Gasteiger partial charge in [0.1, 0.15) is 0 Å². The molecule has 0 radical (unpaired) electrons. The molecule has 2 aliphatic heterocycles.